The van der Waals surface area contributed by atoms with Crippen LogP contribution in [0.1, 0.15) is 25.7 Å². The molecule has 0 bridgehead atoms. The highest BCUT2D eigenvalue weighted by Crippen LogP contribution is 2.24. The third kappa shape index (κ3) is 4.27. The van der Waals surface area contributed by atoms with Gasteiger partial charge >= 0.3 is 0 Å². The number of hydrogen-bond acceptors (Lipinski definition) is 8. The molecule has 0 saturated carbocycles. The smallest absolute Gasteiger partial charge is 0.230 e. The van der Waals surface area contributed by atoms with Gasteiger partial charge in [0.1, 0.15) is 5.69 Å². The van der Waals surface area contributed by atoms with Gasteiger partial charge in [-0.2, -0.15) is 15.0 Å². The third-order valence-corrected chi connectivity index (χ3v) is 4.96. The number of methoxy groups -OCH3 is 1. The number of pyridine rings is 1. The molecule has 8 heteroatoms. The maximum atomic E-state index is 5.48. The van der Waals surface area contributed by atoms with E-state index in [0.717, 1.165) is 32.1 Å². The van der Waals surface area contributed by atoms with Crippen molar-refractivity contribution in [2.45, 2.75) is 25.7 Å². The van der Waals surface area contributed by atoms with E-state index in [1.807, 2.05) is 18.2 Å². The van der Waals surface area contributed by atoms with E-state index in [0.29, 0.717) is 36.6 Å². The van der Waals surface area contributed by atoms with Crippen LogP contribution in [0.4, 0.5) is 11.9 Å². The summed E-state index contributed by atoms with van der Waals surface area (Å²) in [5.41, 5.74) is 0.697. The molecule has 0 aliphatic carbocycles. The summed E-state index contributed by atoms with van der Waals surface area (Å²) in [4.78, 5) is 23.3. The van der Waals surface area contributed by atoms with Crippen LogP contribution >= 0.6 is 0 Å². The monoisotopic (exact) mass is 370 g/mol. The van der Waals surface area contributed by atoms with Crippen LogP contribution < -0.4 is 14.5 Å². The van der Waals surface area contributed by atoms with Crippen LogP contribution in [-0.4, -0.2) is 66.4 Å². The molecule has 144 valence electrons. The van der Waals surface area contributed by atoms with Crippen LogP contribution in [-0.2, 0) is 4.74 Å². The van der Waals surface area contributed by atoms with Gasteiger partial charge < -0.3 is 19.3 Å². The van der Waals surface area contributed by atoms with Crippen molar-refractivity contribution in [3.63, 3.8) is 0 Å². The van der Waals surface area contributed by atoms with Crippen molar-refractivity contribution in [3.8, 4) is 17.4 Å². The first-order valence-corrected chi connectivity index (χ1v) is 9.68. The number of aromatic nitrogens is 4. The zero-order valence-corrected chi connectivity index (χ0v) is 15.8. The summed E-state index contributed by atoms with van der Waals surface area (Å²) in [7, 11) is 1.61. The van der Waals surface area contributed by atoms with Gasteiger partial charge in [0.05, 0.1) is 20.3 Å². The Kier molecular flexibility index (Phi) is 5.62. The predicted octanol–water partition coefficient (Wildman–Crippen LogP) is 2.16. The molecule has 0 atom stereocenters. The van der Waals surface area contributed by atoms with Gasteiger partial charge in [0.2, 0.25) is 17.8 Å². The Hall–Kier alpha value is -2.48. The van der Waals surface area contributed by atoms with Crippen LogP contribution in [0.3, 0.4) is 0 Å². The molecule has 2 aliphatic heterocycles. The standard InChI is InChI=1S/C19H26N6O2/c1-26-16-8-6-7-15(20-16)17-21-18(24-9-4-2-3-5-10-24)23-19(22-17)25-11-13-27-14-12-25/h6-8H,2-5,9-14H2,1H3. The van der Waals surface area contributed by atoms with Gasteiger partial charge in [-0.1, -0.05) is 18.9 Å². The zero-order chi connectivity index (χ0) is 18.5. The topological polar surface area (TPSA) is 76.5 Å². The lowest BCUT2D eigenvalue weighted by molar-refractivity contribution is 0.122. The van der Waals surface area contributed by atoms with E-state index in [4.69, 9.17) is 24.4 Å². The van der Waals surface area contributed by atoms with Gasteiger partial charge in [0.25, 0.3) is 0 Å². The van der Waals surface area contributed by atoms with E-state index in [1.54, 1.807) is 7.11 Å². The molecule has 0 N–H and O–H groups in total. The number of hydrogen-bond donors (Lipinski definition) is 0. The fraction of sp³-hybridized carbons (Fsp3) is 0.579. The zero-order valence-electron chi connectivity index (χ0n) is 15.8. The highest BCUT2D eigenvalue weighted by Gasteiger charge is 2.21. The van der Waals surface area contributed by atoms with Crippen LogP contribution in [0.5, 0.6) is 5.88 Å². The molecule has 8 nitrogen and oxygen atoms in total. The summed E-state index contributed by atoms with van der Waals surface area (Å²) < 4.78 is 10.7. The molecule has 2 fully saturated rings. The van der Waals surface area contributed by atoms with Crippen molar-refractivity contribution >= 4 is 11.9 Å². The highest BCUT2D eigenvalue weighted by molar-refractivity contribution is 5.55. The number of nitrogens with zero attached hydrogens (tertiary/aromatic N) is 6. The van der Waals surface area contributed by atoms with Crippen molar-refractivity contribution in [2.24, 2.45) is 0 Å². The minimum Gasteiger partial charge on any atom is -0.481 e. The first kappa shape index (κ1) is 17.9. The molecule has 0 amide bonds. The van der Waals surface area contributed by atoms with Crippen molar-refractivity contribution < 1.29 is 9.47 Å². The Labute approximate surface area is 159 Å². The largest absolute Gasteiger partial charge is 0.481 e. The Morgan fingerprint density at radius 2 is 1.48 bits per heavy atom. The predicted molar refractivity (Wildman–Crippen MR) is 103 cm³/mol. The number of anilines is 2. The lowest BCUT2D eigenvalue weighted by Gasteiger charge is -2.28. The molecule has 27 heavy (non-hydrogen) atoms. The van der Waals surface area contributed by atoms with E-state index in [-0.39, 0.29) is 0 Å². The Bertz CT molecular complexity index is 758. The van der Waals surface area contributed by atoms with Crippen molar-refractivity contribution in [1.29, 1.82) is 0 Å². The summed E-state index contributed by atoms with van der Waals surface area (Å²) in [5.74, 6) is 2.59. The Morgan fingerprint density at radius 3 is 2.15 bits per heavy atom. The van der Waals surface area contributed by atoms with Gasteiger partial charge in [-0.05, 0) is 18.9 Å². The molecule has 0 aromatic carbocycles. The molecule has 2 aromatic heterocycles. The summed E-state index contributed by atoms with van der Waals surface area (Å²) in [6, 6.07) is 5.64. The highest BCUT2D eigenvalue weighted by atomic mass is 16.5. The van der Waals surface area contributed by atoms with Gasteiger partial charge in [-0.25, -0.2) is 4.98 Å². The van der Waals surface area contributed by atoms with Gasteiger partial charge in [-0.15, -0.1) is 0 Å². The fourth-order valence-electron chi connectivity index (χ4n) is 3.44. The minimum atomic E-state index is 0.553. The molecule has 2 aromatic rings. The quantitative estimate of drug-likeness (QED) is 0.810. The molecular weight excluding hydrogens is 344 g/mol. The number of morpholine rings is 1. The summed E-state index contributed by atoms with van der Waals surface area (Å²) in [5, 5.41) is 0. The van der Waals surface area contributed by atoms with E-state index < -0.39 is 0 Å². The van der Waals surface area contributed by atoms with Crippen LogP contribution in [0.15, 0.2) is 18.2 Å². The Balaban J connectivity index is 1.73. The first-order chi connectivity index (χ1) is 13.3. The van der Waals surface area contributed by atoms with E-state index in [9.17, 15) is 0 Å². The lowest BCUT2D eigenvalue weighted by Crippen LogP contribution is -2.38. The molecule has 2 saturated heterocycles. The van der Waals surface area contributed by atoms with Crippen LogP contribution in [0.25, 0.3) is 11.5 Å². The maximum Gasteiger partial charge on any atom is 0.230 e. The minimum absolute atomic E-state index is 0.553. The molecule has 4 heterocycles. The van der Waals surface area contributed by atoms with E-state index in [2.05, 4.69) is 14.8 Å². The SMILES string of the molecule is COc1cccc(-c2nc(N3CCCCCC3)nc(N3CCOCC3)n2)n1. The van der Waals surface area contributed by atoms with Crippen molar-refractivity contribution in [3.05, 3.63) is 18.2 Å². The van der Waals surface area contributed by atoms with E-state index >= 15 is 0 Å². The third-order valence-electron chi connectivity index (χ3n) is 4.96. The molecule has 0 radical (unpaired) electrons. The van der Waals surface area contributed by atoms with Crippen molar-refractivity contribution in [1.82, 2.24) is 19.9 Å². The normalized spacial score (nSPS) is 18.3. The van der Waals surface area contributed by atoms with Crippen LogP contribution in [0, 0.1) is 0 Å². The molecule has 0 spiro atoms. The fourth-order valence-corrected chi connectivity index (χ4v) is 3.44. The number of ether oxygens (including phenoxy) is 2. The summed E-state index contributed by atoms with van der Waals surface area (Å²) in [6.45, 7) is 4.92. The van der Waals surface area contributed by atoms with Gasteiger partial charge in [0.15, 0.2) is 5.82 Å². The average molecular weight is 370 g/mol. The molecule has 4 rings (SSSR count). The maximum absolute atomic E-state index is 5.48. The average Bonchev–Trinajstić information content (AvgIpc) is 3.04. The Morgan fingerprint density at radius 1 is 0.815 bits per heavy atom. The summed E-state index contributed by atoms with van der Waals surface area (Å²) in [6.07, 6.45) is 4.88. The molecule has 2 aliphatic rings. The van der Waals surface area contributed by atoms with Crippen LogP contribution in [0.2, 0.25) is 0 Å². The molecule has 0 unspecified atom stereocenters. The van der Waals surface area contributed by atoms with E-state index in [1.165, 1.54) is 25.7 Å². The second-order valence-corrected chi connectivity index (χ2v) is 6.82. The van der Waals surface area contributed by atoms with Gasteiger partial charge in [0, 0.05) is 32.2 Å². The number of rotatable bonds is 4. The second kappa shape index (κ2) is 8.47. The summed E-state index contributed by atoms with van der Waals surface area (Å²) >= 11 is 0. The molecular formula is C19H26N6O2. The van der Waals surface area contributed by atoms with Crippen molar-refractivity contribution in [2.75, 3.05) is 56.3 Å². The first-order valence-electron chi connectivity index (χ1n) is 9.68. The second-order valence-electron chi connectivity index (χ2n) is 6.82. The van der Waals surface area contributed by atoms with Gasteiger partial charge in [-0.3, -0.25) is 0 Å². The lowest BCUT2D eigenvalue weighted by atomic mass is 10.2.